The summed E-state index contributed by atoms with van der Waals surface area (Å²) in [5.74, 6) is 0.941. The summed E-state index contributed by atoms with van der Waals surface area (Å²) in [6, 6.07) is 15.6. The summed E-state index contributed by atoms with van der Waals surface area (Å²) in [5, 5.41) is 3.26. The highest BCUT2D eigenvalue weighted by atomic mass is 16.5. The van der Waals surface area contributed by atoms with Crippen LogP contribution in [0.15, 0.2) is 48.5 Å². The van der Waals surface area contributed by atoms with E-state index in [1.54, 1.807) is 7.11 Å². The second kappa shape index (κ2) is 6.62. The number of amides is 1. The van der Waals surface area contributed by atoms with Gasteiger partial charge in [-0.2, -0.15) is 0 Å². The Labute approximate surface area is 130 Å². The van der Waals surface area contributed by atoms with Crippen molar-refractivity contribution in [3.8, 4) is 16.9 Å². The second-order valence-corrected chi connectivity index (χ2v) is 5.32. The van der Waals surface area contributed by atoms with Crippen molar-refractivity contribution < 1.29 is 9.53 Å². The van der Waals surface area contributed by atoms with E-state index in [1.807, 2.05) is 53.4 Å². The number of rotatable bonds is 3. The largest absolute Gasteiger partial charge is 0.496 e. The highest BCUT2D eigenvalue weighted by Gasteiger charge is 2.17. The van der Waals surface area contributed by atoms with Gasteiger partial charge in [0, 0.05) is 37.3 Å². The van der Waals surface area contributed by atoms with E-state index >= 15 is 0 Å². The van der Waals surface area contributed by atoms with Gasteiger partial charge in [0.1, 0.15) is 5.75 Å². The van der Waals surface area contributed by atoms with Crippen molar-refractivity contribution in [2.24, 2.45) is 0 Å². The summed E-state index contributed by atoms with van der Waals surface area (Å²) in [6.45, 7) is 3.27. The molecule has 2 aromatic rings. The van der Waals surface area contributed by atoms with Crippen molar-refractivity contribution in [3.05, 3.63) is 54.1 Å². The second-order valence-electron chi connectivity index (χ2n) is 5.32. The molecule has 0 saturated carbocycles. The van der Waals surface area contributed by atoms with Crippen molar-refractivity contribution in [2.75, 3.05) is 33.3 Å². The summed E-state index contributed by atoms with van der Waals surface area (Å²) in [6.07, 6.45) is 0. The third-order valence-electron chi connectivity index (χ3n) is 3.95. The average molecular weight is 296 g/mol. The fraction of sp³-hybridized carbons (Fsp3) is 0.278. The first-order valence-corrected chi connectivity index (χ1v) is 7.53. The van der Waals surface area contributed by atoms with Crippen LogP contribution < -0.4 is 10.1 Å². The fourth-order valence-corrected chi connectivity index (χ4v) is 2.73. The Morgan fingerprint density at radius 1 is 1.05 bits per heavy atom. The van der Waals surface area contributed by atoms with Gasteiger partial charge in [-0.15, -0.1) is 0 Å². The van der Waals surface area contributed by atoms with Crippen LogP contribution in [0.1, 0.15) is 10.4 Å². The van der Waals surface area contributed by atoms with E-state index in [0.29, 0.717) is 0 Å². The molecule has 1 saturated heterocycles. The molecule has 3 rings (SSSR count). The fourth-order valence-electron chi connectivity index (χ4n) is 2.73. The van der Waals surface area contributed by atoms with Crippen molar-refractivity contribution in [1.29, 1.82) is 0 Å². The Hall–Kier alpha value is -2.33. The zero-order valence-electron chi connectivity index (χ0n) is 12.7. The molecule has 1 N–H and O–H groups in total. The monoisotopic (exact) mass is 296 g/mol. The molecule has 114 valence electrons. The van der Waals surface area contributed by atoms with E-state index in [4.69, 9.17) is 4.74 Å². The molecule has 22 heavy (non-hydrogen) atoms. The standard InChI is InChI=1S/C18H20N2O2/c1-22-17-5-3-2-4-16(17)14-6-8-15(9-7-14)18(21)20-12-10-19-11-13-20/h2-9,19H,10-13H2,1H3. The third kappa shape index (κ3) is 2.97. The maximum absolute atomic E-state index is 12.4. The van der Waals surface area contributed by atoms with Crippen LogP contribution in [-0.2, 0) is 0 Å². The Balaban J connectivity index is 1.82. The molecule has 0 radical (unpaired) electrons. The first-order valence-electron chi connectivity index (χ1n) is 7.53. The number of benzene rings is 2. The number of methoxy groups -OCH3 is 1. The maximum atomic E-state index is 12.4. The lowest BCUT2D eigenvalue weighted by Gasteiger charge is -2.27. The molecule has 0 unspecified atom stereocenters. The number of ether oxygens (including phenoxy) is 1. The van der Waals surface area contributed by atoms with Gasteiger partial charge in [-0.25, -0.2) is 0 Å². The van der Waals surface area contributed by atoms with E-state index in [1.165, 1.54) is 0 Å². The third-order valence-corrected chi connectivity index (χ3v) is 3.95. The smallest absolute Gasteiger partial charge is 0.253 e. The first kappa shape index (κ1) is 14.6. The van der Waals surface area contributed by atoms with Gasteiger partial charge in [-0.05, 0) is 23.8 Å². The van der Waals surface area contributed by atoms with Crippen LogP contribution in [0.25, 0.3) is 11.1 Å². The molecule has 0 aromatic heterocycles. The van der Waals surface area contributed by atoms with Crippen LogP contribution in [-0.4, -0.2) is 44.1 Å². The summed E-state index contributed by atoms with van der Waals surface area (Å²) < 4.78 is 5.39. The quantitative estimate of drug-likeness (QED) is 0.945. The lowest BCUT2D eigenvalue weighted by atomic mass is 10.0. The number of carbonyl (C=O) groups is 1. The summed E-state index contributed by atoms with van der Waals surface area (Å²) in [7, 11) is 1.67. The van der Waals surface area contributed by atoms with E-state index in [0.717, 1.165) is 48.6 Å². The molecule has 2 aromatic carbocycles. The van der Waals surface area contributed by atoms with Gasteiger partial charge in [0.2, 0.25) is 0 Å². The number of nitrogens with zero attached hydrogens (tertiary/aromatic N) is 1. The lowest BCUT2D eigenvalue weighted by molar-refractivity contribution is 0.0736. The highest BCUT2D eigenvalue weighted by Crippen LogP contribution is 2.29. The maximum Gasteiger partial charge on any atom is 0.253 e. The van der Waals surface area contributed by atoms with Gasteiger partial charge in [0.15, 0.2) is 0 Å². The molecule has 0 spiro atoms. The van der Waals surface area contributed by atoms with Crippen molar-refractivity contribution >= 4 is 5.91 Å². The first-order chi connectivity index (χ1) is 10.8. The number of para-hydroxylation sites is 1. The number of carbonyl (C=O) groups excluding carboxylic acids is 1. The van der Waals surface area contributed by atoms with Crippen molar-refractivity contribution in [2.45, 2.75) is 0 Å². The normalized spacial score (nSPS) is 14.7. The SMILES string of the molecule is COc1ccccc1-c1ccc(C(=O)N2CCNCC2)cc1. The Bertz CT molecular complexity index is 646. The lowest BCUT2D eigenvalue weighted by Crippen LogP contribution is -2.46. The van der Waals surface area contributed by atoms with Gasteiger partial charge in [0.25, 0.3) is 5.91 Å². The molecule has 0 atom stereocenters. The van der Waals surface area contributed by atoms with Gasteiger partial charge in [-0.3, -0.25) is 4.79 Å². The predicted octanol–water partition coefficient (Wildman–Crippen LogP) is 2.41. The number of nitrogens with one attached hydrogen (secondary N) is 1. The molecule has 0 aliphatic carbocycles. The minimum absolute atomic E-state index is 0.105. The van der Waals surface area contributed by atoms with Crippen molar-refractivity contribution in [3.63, 3.8) is 0 Å². The number of hydrogen-bond donors (Lipinski definition) is 1. The summed E-state index contributed by atoms with van der Waals surface area (Å²) >= 11 is 0. The summed E-state index contributed by atoms with van der Waals surface area (Å²) in [5.41, 5.74) is 2.82. The molecule has 1 fully saturated rings. The molecule has 1 amide bonds. The van der Waals surface area contributed by atoms with Crippen LogP contribution in [0.2, 0.25) is 0 Å². The molecule has 0 bridgehead atoms. The molecule has 1 aliphatic rings. The Morgan fingerprint density at radius 2 is 1.73 bits per heavy atom. The topological polar surface area (TPSA) is 41.6 Å². The molecule has 1 heterocycles. The van der Waals surface area contributed by atoms with E-state index in [9.17, 15) is 4.79 Å². The van der Waals surface area contributed by atoms with Crippen molar-refractivity contribution in [1.82, 2.24) is 10.2 Å². The molecule has 4 heteroatoms. The number of hydrogen-bond acceptors (Lipinski definition) is 3. The van der Waals surface area contributed by atoms with Gasteiger partial charge >= 0.3 is 0 Å². The van der Waals surface area contributed by atoms with Gasteiger partial charge in [0.05, 0.1) is 7.11 Å². The number of piperazine rings is 1. The minimum Gasteiger partial charge on any atom is -0.496 e. The molecule has 4 nitrogen and oxygen atoms in total. The Morgan fingerprint density at radius 3 is 2.41 bits per heavy atom. The molecular formula is C18H20N2O2. The average Bonchev–Trinajstić information content (AvgIpc) is 2.62. The zero-order valence-corrected chi connectivity index (χ0v) is 12.7. The van der Waals surface area contributed by atoms with Crippen LogP contribution in [0.3, 0.4) is 0 Å². The molecular weight excluding hydrogens is 276 g/mol. The van der Waals surface area contributed by atoms with Crippen LogP contribution in [0.5, 0.6) is 5.75 Å². The minimum atomic E-state index is 0.105. The van der Waals surface area contributed by atoms with E-state index in [2.05, 4.69) is 5.32 Å². The Kier molecular flexibility index (Phi) is 4.39. The van der Waals surface area contributed by atoms with E-state index < -0.39 is 0 Å². The summed E-state index contributed by atoms with van der Waals surface area (Å²) in [4.78, 5) is 14.3. The molecule has 1 aliphatic heterocycles. The van der Waals surface area contributed by atoms with Gasteiger partial charge in [-0.1, -0.05) is 30.3 Å². The van der Waals surface area contributed by atoms with Gasteiger partial charge < -0.3 is 15.0 Å². The van der Waals surface area contributed by atoms with Crippen LogP contribution in [0, 0.1) is 0 Å². The van der Waals surface area contributed by atoms with E-state index in [-0.39, 0.29) is 5.91 Å². The zero-order chi connectivity index (χ0) is 15.4. The predicted molar refractivity (Wildman–Crippen MR) is 87.2 cm³/mol. The van der Waals surface area contributed by atoms with Crippen LogP contribution in [0.4, 0.5) is 0 Å². The highest BCUT2D eigenvalue weighted by molar-refractivity contribution is 5.95. The van der Waals surface area contributed by atoms with Crippen LogP contribution >= 0.6 is 0 Å².